The van der Waals surface area contributed by atoms with Crippen molar-refractivity contribution in [2.45, 2.75) is 31.4 Å². The molecule has 0 aliphatic carbocycles. The van der Waals surface area contributed by atoms with E-state index in [2.05, 4.69) is 38.9 Å². The molecular weight excluding hydrogens is 382 g/mol. The van der Waals surface area contributed by atoms with Gasteiger partial charge in [-0.15, -0.1) is 0 Å². The molecule has 0 bridgehead atoms. The van der Waals surface area contributed by atoms with Crippen LogP contribution in [0.4, 0.5) is 5.82 Å². The van der Waals surface area contributed by atoms with E-state index in [0.717, 1.165) is 13.0 Å². The summed E-state index contributed by atoms with van der Waals surface area (Å²) in [6.07, 6.45) is 1.69. The van der Waals surface area contributed by atoms with E-state index in [1.165, 1.54) is 0 Å². The zero-order valence-electron chi connectivity index (χ0n) is 17.1. The highest BCUT2D eigenvalue weighted by atomic mass is 16.3. The largest absolute Gasteiger partial charge is 0.371 e. The average molecular weight is 407 g/mol. The van der Waals surface area contributed by atoms with Gasteiger partial charge < -0.3 is 21.1 Å². The van der Waals surface area contributed by atoms with Crippen molar-refractivity contribution < 1.29 is 14.7 Å². The highest BCUT2D eigenvalue weighted by Gasteiger charge is 2.26. The summed E-state index contributed by atoms with van der Waals surface area (Å²) in [5, 5.41) is 13.2. The van der Waals surface area contributed by atoms with Gasteiger partial charge in [0.05, 0.1) is 0 Å². The van der Waals surface area contributed by atoms with Crippen LogP contribution in [0.3, 0.4) is 0 Å². The predicted molar refractivity (Wildman–Crippen MR) is 114 cm³/mol. The molecule has 1 saturated heterocycles. The van der Waals surface area contributed by atoms with Crippen molar-refractivity contribution in [3.63, 3.8) is 0 Å². The van der Waals surface area contributed by atoms with Crippen molar-refractivity contribution in [1.82, 2.24) is 15.3 Å². The zero-order valence-corrected chi connectivity index (χ0v) is 17.1. The number of hydrogen-bond acceptors (Lipinski definition) is 7. The van der Waals surface area contributed by atoms with E-state index in [4.69, 9.17) is 5.73 Å². The van der Waals surface area contributed by atoms with Crippen molar-refractivity contribution in [3.8, 4) is 23.2 Å². The number of nitrogens with two attached hydrogens (primary N) is 1. The van der Waals surface area contributed by atoms with Crippen molar-refractivity contribution >= 4 is 18.0 Å². The van der Waals surface area contributed by atoms with Crippen molar-refractivity contribution in [1.29, 1.82) is 0 Å². The van der Waals surface area contributed by atoms with E-state index in [1.54, 1.807) is 31.3 Å². The minimum atomic E-state index is -1.72. The van der Waals surface area contributed by atoms with Gasteiger partial charge in [0.2, 0.25) is 0 Å². The topological polar surface area (TPSA) is 121 Å². The Morgan fingerprint density at radius 1 is 1.43 bits per heavy atom. The van der Waals surface area contributed by atoms with Crippen LogP contribution in [0, 0.1) is 11.8 Å². The van der Waals surface area contributed by atoms with Gasteiger partial charge in [0.25, 0.3) is 5.91 Å². The maximum atomic E-state index is 11.8. The molecule has 2 heterocycles. The molecule has 0 spiro atoms. The number of nitrogens with one attached hydrogen (secondary N) is 1. The summed E-state index contributed by atoms with van der Waals surface area (Å²) in [6, 6.07) is 9.04. The maximum absolute atomic E-state index is 11.8. The van der Waals surface area contributed by atoms with Crippen LogP contribution in [-0.2, 0) is 4.79 Å². The van der Waals surface area contributed by atoms with Crippen LogP contribution in [0.5, 0.6) is 0 Å². The normalized spacial score (nSPS) is 17.3. The Kier molecular flexibility index (Phi) is 6.45. The molecule has 1 aliphatic rings. The highest BCUT2D eigenvalue weighted by Crippen LogP contribution is 2.27. The molecule has 3 rings (SSSR count). The first kappa shape index (κ1) is 21.4. The second-order valence-corrected chi connectivity index (χ2v) is 7.36. The summed E-state index contributed by atoms with van der Waals surface area (Å²) in [5.41, 5.74) is 5.14. The molecule has 2 atom stereocenters. The van der Waals surface area contributed by atoms with Crippen molar-refractivity contribution in [2.75, 3.05) is 25.0 Å². The number of hydrogen-bond donors (Lipinski definition) is 3. The van der Waals surface area contributed by atoms with Gasteiger partial charge in [-0.2, -0.15) is 0 Å². The van der Waals surface area contributed by atoms with E-state index >= 15 is 0 Å². The van der Waals surface area contributed by atoms with E-state index in [-0.39, 0.29) is 12.1 Å². The Morgan fingerprint density at radius 3 is 2.83 bits per heavy atom. The fraction of sp³-hybridized carbons (Fsp3) is 0.364. The number of carbonyl (C=O) groups is 2. The Bertz CT molecular complexity index is 1010. The predicted octanol–water partition coefficient (Wildman–Crippen LogP) is 0.732. The summed E-state index contributed by atoms with van der Waals surface area (Å²) < 4.78 is 0. The minimum Gasteiger partial charge on any atom is -0.371 e. The Balaban J connectivity index is 1.95. The van der Waals surface area contributed by atoms with Crippen LogP contribution >= 0.6 is 0 Å². The van der Waals surface area contributed by atoms with E-state index in [9.17, 15) is 14.7 Å². The number of nitrogens with zero attached hydrogens (tertiary/aromatic N) is 3. The monoisotopic (exact) mass is 407 g/mol. The minimum absolute atomic E-state index is 0.146. The molecule has 156 valence electrons. The molecule has 1 amide bonds. The number of rotatable bonds is 7. The van der Waals surface area contributed by atoms with Gasteiger partial charge in [0, 0.05) is 36.2 Å². The number of aliphatic hydroxyl groups is 1. The lowest BCUT2D eigenvalue weighted by Crippen LogP contribution is -2.46. The smallest absolute Gasteiger partial charge is 0.267 e. The number of amides is 1. The van der Waals surface area contributed by atoms with Gasteiger partial charge in [0.1, 0.15) is 11.5 Å². The molecule has 2 unspecified atom stereocenters. The number of anilines is 1. The second kappa shape index (κ2) is 9.03. The van der Waals surface area contributed by atoms with Crippen LogP contribution in [0.25, 0.3) is 11.4 Å². The Hall–Kier alpha value is -3.28. The molecule has 2 aromatic rings. The molecule has 1 fully saturated rings. The lowest BCUT2D eigenvalue weighted by atomic mass is 10.0. The summed E-state index contributed by atoms with van der Waals surface area (Å²) in [6.45, 7) is 3.40. The Labute approximate surface area is 175 Å². The average Bonchev–Trinajstić information content (AvgIpc) is 2.75. The standard InChI is InChI=1S/C22H25N5O3/c1-15-7-11-27(15)19-13-18(20(23)29)25-21(26-19)17-5-3-4-16(12-17)6-8-22(30,14-28)9-10-24-2/h3-5,12-15,24,30H,7,9-11H2,1-2H3,(H2,23,29). The van der Waals surface area contributed by atoms with Crippen LogP contribution < -0.4 is 16.0 Å². The second-order valence-electron chi connectivity index (χ2n) is 7.36. The Morgan fingerprint density at radius 2 is 2.23 bits per heavy atom. The lowest BCUT2D eigenvalue weighted by Gasteiger charge is -2.39. The van der Waals surface area contributed by atoms with Gasteiger partial charge in [0.15, 0.2) is 17.7 Å². The lowest BCUT2D eigenvalue weighted by molar-refractivity contribution is -0.119. The SMILES string of the molecule is CNCCC(O)(C#Cc1cccc(-c2nc(C(N)=O)cc(N3CCC3C)n2)c1)C=O. The van der Waals surface area contributed by atoms with Crippen LogP contribution in [0.2, 0.25) is 0 Å². The van der Waals surface area contributed by atoms with E-state index < -0.39 is 11.5 Å². The van der Waals surface area contributed by atoms with Crippen molar-refractivity contribution in [2.24, 2.45) is 5.73 Å². The third kappa shape index (κ3) is 4.82. The third-order valence-electron chi connectivity index (χ3n) is 5.07. The van der Waals surface area contributed by atoms with Gasteiger partial charge in [-0.3, -0.25) is 9.59 Å². The summed E-state index contributed by atoms with van der Waals surface area (Å²) >= 11 is 0. The van der Waals surface area contributed by atoms with Crippen LogP contribution in [0.15, 0.2) is 30.3 Å². The van der Waals surface area contributed by atoms with Gasteiger partial charge in [-0.25, -0.2) is 9.97 Å². The van der Waals surface area contributed by atoms with Gasteiger partial charge in [-0.05, 0) is 39.1 Å². The van der Waals surface area contributed by atoms with Crippen LogP contribution in [0.1, 0.15) is 35.8 Å². The molecule has 0 radical (unpaired) electrons. The quantitative estimate of drug-likeness (QED) is 0.457. The first-order valence-corrected chi connectivity index (χ1v) is 9.77. The van der Waals surface area contributed by atoms with E-state index in [0.29, 0.717) is 41.6 Å². The van der Waals surface area contributed by atoms with Crippen molar-refractivity contribution in [3.05, 3.63) is 41.6 Å². The molecule has 1 aromatic heterocycles. The summed E-state index contributed by atoms with van der Waals surface area (Å²) in [7, 11) is 1.73. The van der Waals surface area contributed by atoms with Crippen LogP contribution in [-0.4, -0.2) is 59.0 Å². The number of aromatic nitrogens is 2. The maximum Gasteiger partial charge on any atom is 0.267 e. The third-order valence-corrected chi connectivity index (χ3v) is 5.07. The first-order valence-electron chi connectivity index (χ1n) is 9.77. The number of benzene rings is 1. The number of carbonyl (C=O) groups excluding carboxylic acids is 2. The molecular formula is C22H25N5O3. The molecule has 0 saturated carbocycles. The van der Waals surface area contributed by atoms with E-state index in [1.807, 2.05) is 6.07 Å². The van der Waals surface area contributed by atoms with Gasteiger partial charge >= 0.3 is 0 Å². The number of aldehydes is 1. The van der Waals surface area contributed by atoms with Gasteiger partial charge in [-0.1, -0.05) is 24.0 Å². The number of primary amides is 1. The molecule has 1 aliphatic heterocycles. The molecule has 8 heteroatoms. The molecule has 1 aromatic carbocycles. The summed E-state index contributed by atoms with van der Waals surface area (Å²) in [4.78, 5) is 34.0. The fourth-order valence-corrected chi connectivity index (χ4v) is 3.08. The molecule has 8 nitrogen and oxygen atoms in total. The highest BCUT2D eigenvalue weighted by molar-refractivity contribution is 5.92. The molecule has 30 heavy (non-hydrogen) atoms. The fourth-order valence-electron chi connectivity index (χ4n) is 3.08. The first-order chi connectivity index (χ1) is 14.3. The zero-order chi connectivity index (χ0) is 21.7. The summed E-state index contributed by atoms with van der Waals surface area (Å²) in [5.74, 6) is 5.88. The molecule has 4 N–H and O–H groups in total.